The largest absolute Gasteiger partial charge is 0.484 e. The summed E-state index contributed by atoms with van der Waals surface area (Å²) < 4.78 is 6.28. The molecule has 2 rings (SSSR count). The second kappa shape index (κ2) is 6.59. The summed E-state index contributed by atoms with van der Waals surface area (Å²) >= 11 is 9.17. The average molecular weight is 341 g/mol. The van der Waals surface area contributed by atoms with Crippen molar-refractivity contribution in [3.63, 3.8) is 0 Å². The molecular weight excluding hydrogens is 330 g/mol. The Morgan fingerprint density at radius 2 is 2.00 bits per heavy atom. The van der Waals surface area contributed by atoms with Gasteiger partial charge < -0.3 is 10.1 Å². The van der Waals surface area contributed by atoms with E-state index in [1.807, 2.05) is 12.1 Å². The highest BCUT2D eigenvalue weighted by molar-refractivity contribution is 9.10. The van der Waals surface area contributed by atoms with Gasteiger partial charge in [-0.05, 0) is 36.4 Å². The summed E-state index contributed by atoms with van der Waals surface area (Å²) in [5.74, 6) is 0.401. The fourth-order valence-corrected chi connectivity index (χ4v) is 2.04. The third-order valence-electron chi connectivity index (χ3n) is 2.27. The molecule has 1 amide bonds. The quantitative estimate of drug-likeness (QED) is 0.909. The molecule has 5 heteroatoms. The minimum Gasteiger partial charge on any atom is -0.484 e. The van der Waals surface area contributed by atoms with Gasteiger partial charge in [0.1, 0.15) is 5.75 Å². The number of hydrogen-bond acceptors (Lipinski definition) is 2. The predicted octanol–water partition coefficient (Wildman–Crippen LogP) is 4.12. The van der Waals surface area contributed by atoms with Crippen LogP contribution < -0.4 is 10.1 Å². The van der Waals surface area contributed by atoms with E-state index in [0.717, 1.165) is 4.47 Å². The Labute approximate surface area is 124 Å². The van der Waals surface area contributed by atoms with Crippen LogP contribution in [0.4, 0.5) is 5.69 Å². The number of ether oxygens (including phenoxy) is 1. The van der Waals surface area contributed by atoms with Gasteiger partial charge in [-0.1, -0.05) is 39.7 Å². The zero-order valence-corrected chi connectivity index (χ0v) is 12.2. The van der Waals surface area contributed by atoms with Crippen molar-refractivity contribution in [3.05, 3.63) is 58.0 Å². The van der Waals surface area contributed by atoms with E-state index < -0.39 is 0 Å². The second-order valence-corrected chi connectivity index (χ2v) is 5.16. The molecule has 0 saturated carbocycles. The lowest BCUT2D eigenvalue weighted by atomic mass is 10.3. The van der Waals surface area contributed by atoms with Crippen molar-refractivity contribution in [3.8, 4) is 5.75 Å². The molecule has 19 heavy (non-hydrogen) atoms. The molecule has 0 aliphatic rings. The Morgan fingerprint density at radius 1 is 1.21 bits per heavy atom. The van der Waals surface area contributed by atoms with Gasteiger partial charge in [0.15, 0.2) is 6.61 Å². The first-order chi connectivity index (χ1) is 9.13. The highest BCUT2D eigenvalue weighted by Gasteiger charge is 2.04. The maximum absolute atomic E-state index is 11.7. The molecule has 2 aromatic rings. The van der Waals surface area contributed by atoms with Crippen LogP contribution >= 0.6 is 27.5 Å². The lowest BCUT2D eigenvalue weighted by Crippen LogP contribution is -2.20. The van der Waals surface area contributed by atoms with E-state index in [2.05, 4.69) is 21.2 Å². The molecule has 0 aliphatic heterocycles. The Kier molecular flexibility index (Phi) is 4.82. The summed E-state index contributed by atoms with van der Waals surface area (Å²) in [6.07, 6.45) is 0. The van der Waals surface area contributed by atoms with Crippen molar-refractivity contribution in [2.24, 2.45) is 0 Å². The number of halogens is 2. The molecule has 0 aliphatic carbocycles. The summed E-state index contributed by atoms with van der Waals surface area (Å²) in [5, 5.41) is 3.28. The second-order valence-electron chi connectivity index (χ2n) is 3.80. The Bertz CT molecular complexity index is 589. The van der Waals surface area contributed by atoms with E-state index in [1.165, 1.54) is 0 Å². The van der Waals surface area contributed by atoms with E-state index in [0.29, 0.717) is 16.5 Å². The van der Waals surface area contributed by atoms with Crippen LogP contribution in [0.15, 0.2) is 53.0 Å². The van der Waals surface area contributed by atoms with Crippen LogP contribution in [0.5, 0.6) is 5.75 Å². The fourth-order valence-electron chi connectivity index (χ4n) is 1.47. The van der Waals surface area contributed by atoms with Crippen LogP contribution in [-0.4, -0.2) is 12.5 Å². The molecule has 0 saturated heterocycles. The molecule has 0 aromatic heterocycles. The van der Waals surface area contributed by atoms with Crippen molar-refractivity contribution in [2.45, 2.75) is 0 Å². The Balaban J connectivity index is 1.88. The minimum absolute atomic E-state index is 0.0526. The zero-order valence-electron chi connectivity index (χ0n) is 9.90. The Hall–Kier alpha value is -1.52. The third-order valence-corrected chi connectivity index (χ3v) is 3.00. The minimum atomic E-state index is -0.234. The van der Waals surface area contributed by atoms with Crippen molar-refractivity contribution in [2.75, 3.05) is 11.9 Å². The number of nitrogens with one attached hydrogen (secondary N) is 1. The maximum atomic E-state index is 11.7. The van der Waals surface area contributed by atoms with Gasteiger partial charge in [-0.2, -0.15) is 0 Å². The van der Waals surface area contributed by atoms with Gasteiger partial charge in [0, 0.05) is 15.2 Å². The van der Waals surface area contributed by atoms with Crippen LogP contribution in [0.3, 0.4) is 0 Å². The molecule has 1 N–H and O–H groups in total. The summed E-state index contributed by atoms with van der Waals surface area (Å²) in [4.78, 5) is 11.7. The van der Waals surface area contributed by atoms with Crippen LogP contribution in [0, 0.1) is 0 Å². The van der Waals surface area contributed by atoms with E-state index in [1.54, 1.807) is 36.4 Å². The maximum Gasteiger partial charge on any atom is 0.262 e. The molecule has 0 unspecified atom stereocenters. The summed E-state index contributed by atoms with van der Waals surface area (Å²) in [7, 11) is 0. The molecule has 0 atom stereocenters. The molecule has 0 heterocycles. The zero-order chi connectivity index (χ0) is 13.7. The number of carbonyl (C=O) groups excluding carboxylic acids is 1. The Morgan fingerprint density at radius 3 is 2.74 bits per heavy atom. The molecule has 0 fully saturated rings. The first-order valence-corrected chi connectivity index (χ1v) is 6.74. The van der Waals surface area contributed by atoms with Gasteiger partial charge in [0.2, 0.25) is 0 Å². The first kappa shape index (κ1) is 13.9. The number of amides is 1. The van der Waals surface area contributed by atoms with Gasteiger partial charge in [-0.3, -0.25) is 4.79 Å². The van der Waals surface area contributed by atoms with Gasteiger partial charge in [0.05, 0.1) is 0 Å². The monoisotopic (exact) mass is 339 g/mol. The molecule has 0 spiro atoms. The molecule has 2 aromatic carbocycles. The number of hydrogen-bond donors (Lipinski definition) is 1. The van der Waals surface area contributed by atoms with Crippen molar-refractivity contribution < 1.29 is 9.53 Å². The lowest BCUT2D eigenvalue weighted by molar-refractivity contribution is -0.118. The number of anilines is 1. The van der Waals surface area contributed by atoms with E-state index in [9.17, 15) is 4.79 Å². The van der Waals surface area contributed by atoms with Crippen LogP contribution in [0.1, 0.15) is 0 Å². The molecule has 0 radical (unpaired) electrons. The van der Waals surface area contributed by atoms with E-state index >= 15 is 0 Å². The van der Waals surface area contributed by atoms with Gasteiger partial charge >= 0.3 is 0 Å². The summed E-state index contributed by atoms with van der Waals surface area (Å²) in [6.45, 7) is -0.0526. The topological polar surface area (TPSA) is 38.3 Å². The molecule has 98 valence electrons. The van der Waals surface area contributed by atoms with E-state index in [-0.39, 0.29) is 12.5 Å². The van der Waals surface area contributed by atoms with Crippen LogP contribution in [-0.2, 0) is 4.79 Å². The highest BCUT2D eigenvalue weighted by atomic mass is 79.9. The van der Waals surface area contributed by atoms with Crippen molar-refractivity contribution in [1.29, 1.82) is 0 Å². The predicted molar refractivity (Wildman–Crippen MR) is 79.7 cm³/mol. The summed E-state index contributed by atoms with van der Waals surface area (Å²) in [5.41, 5.74) is 0.648. The van der Waals surface area contributed by atoms with Gasteiger partial charge in [-0.15, -0.1) is 0 Å². The molecule has 0 bridgehead atoms. The number of benzene rings is 2. The van der Waals surface area contributed by atoms with Gasteiger partial charge in [0.25, 0.3) is 5.91 Å². The number of rotatable bonds is 4. The highest BCUT2D eigenvalue weighted by Crippen LogP contribution is 2.18. The molecule has 3 nitrogen and oxygen atoms in total. The fraction of sp³-hybridized carbons (Fsp3) is 0.0714. The first-order valence-electron chi connectivity index (χ1n) is 5.57. The van der Waals surface area contributed by atoms with Gasteiger partial charge in [-0.25, -0.2) is 0 Å². The smallest absolute Gasteiger partial charge is 0.262 e. The van der Waals surface area contributed by atoms with Crippen molar-refractivity contribution in [1.82, 2.24) is 0 Å². The third kappa shape index (κ3) is 4.58. The molecular formula is C14H11BrClNO2. The van der Waals surface area contributed by atoms with E-state index in [4.69, 9.17) is 16.3 Å². The standard InChI is InChI=1S/C14H11BrClNO2/c15-10-3-1-6-13(7-10)19-9-14(18)17-12-5-2-4-11(16)8-12/h1-8H,9H2,(H,17,18). The lowest BCUT2D eigenvalue weighted by Gasteiger charge is -2.08. The normalized spacial score (nSPS) is 10.0. The summed E-state index contributed by atoms with van der Waals surface area (Å²) in [6, 6.07) is 14.3. The van der Waals surface area contributed by atoms with Crippen LogP contribution in [0.2, 0.25) is 5.02 Å². The number of carbonyl (C=O) groups is 1. The van der Waals surface area contributed by atoms with Crippen molar-refractivity contribution >= 4 is 39.1 Å². The average Bonchev–Trinajstić information content (AvgIpc) is 2.36. The SMILES string of the molecule is O=C(COc1cccc(Br)c1)Nc1cccc(Cl)c1. The van der Waals surface area contributed by atoms with Crippen LogP contribution in [0.25, 0.3) is 0 Å².